The number of hydrogen-bond acceptors (Lipinski definition) is 3. The van der Waals surface area contributed by atoms with Gasteiger partial charge in [-0.05, 0) is 24.1 Å². The van der Waals surface area contributed by atoms with Crippen molar-refractivity contribution < 1.29 is 0 Å². The summed E-state index contributed by atoms with van der Waals surface area (Å²) in [5, 5.41) is 4.18. The van der Waals surface area contributed by atoms with E-state index in [1.165, 1.54) is 11.1 Å². The highest BCUT2D eigenvalue weighted by atomic mass is 15.3. The molecule has 0 saturated carbocycles. The monoisotopic (exact) mass is 223 g/mol. The van der Waals surface area contributed by atoms with Crippen LogP contribution in [0.15, 0.2) is 47.7 Å². The molecule has 0 spiro atoms. The van der Waals surface area contributed by atoms with Crippen LogP contribution in [-0.2, 0) is 0 Å². The Bertz CT molecular complexity index is 558. The minimum atomic E-state index is 0.0526. The molecule has 0 saturated heterocycles. The molecule has 1 N–H and O–H groups in total. The molecule has 17 heavy (non-hydrogen) atoms. The molecule has 0 fully saturated rings. The first-order chi connectivity index (χ1) is 8.34. The van der Waals surface area contributed by atoms with Crippen LogP contribution >= 0.6 is 0 Å². The average Bonchev–Trinajstić information content (AvgIpc) is 2.39. The summed E-state index contributed by atoms with van der Waals surface area (Å²) in [6.07, 6.45) is 3.73. The SMILES string of the molecule is Cc1ccc(C2NN=Cc3ccccc32)nc1. The third kappa shape index (κ3) is 1.80. The third-order valence-corrected chi connectivity index (χ3v) is 2.94. The van der Waals surface area contributed by atoms with E-state index in [4.69, 9.17) is 0 Å². The summed E-state index contributed by atoms with van der Waals surface area (Å²) in [4.78, 5) is 4.46. The van der Waals surface area contributed by atoms with E-state index in [0.717, 1.165) is 11.3 Å². The Hall–Kier alpha value is -2.16. The molecule has 1 aromatic heterocycles. The molecule has 1 aliphatic rings. The molecule has 3 rings (SSSR count). The fraction of sp³-hybridized carbons (Fsp3) is 0.143. The van der Waals surface area contributed by atoms with Gasteiger partial charge in [0.2, 0.25) is 0 Å². The van der Waals surface area contributed by atoms with Crippen molar-refractivity contribution in [1.82, 2.24) is 10.4 Å². The normalized spacial score (nSPS) is 17.4. The van der Waals surface area contributed by atoms with E-state index in [2.05, 4.69) is 33.7 Å². The summed E-state index contributed by atoms with van der Waals surface area (Å²) in [5.74, 6) is 0. The fourth-order valence-corrected chi connectivity index (χ4v) is 2.02. The van der Waals surface area contributed by atoms with Gasteiger partial charge in [-0.1, -0.05) is 30.3 Å². The van der Waals surface area contributed by atoms with Crippen LogP contribution in [0.1, 0.15) is 28.4 Å². The maximum Gasteiger partial charge on any atom is 0.112 e. The molecule has 0 radical (unpaired) electrons. The highest BCUT2D eigenvalue weighted by molar-refractivity contribution is 5.83. The van der Waals surface area contributed by atoms with E-state index < -0.39 is 0 Å². The zero-order valence-corrected chi connectivity index (χ0v) is 9.59. The first-order valence-electron chi connectivity index (χ1n) is 5.65. The molecule has 84 valence electrons. The number of pyridine rings is 1. The summed E-state index contributed by atoms with van der Waals surface area (Å²) < 4.78 is 0. The second-order valence-electron chi connectivity index (χ2n) is 4.21. The van der Waals surface area contributed by atoms with Crippen molar-refractivity contribution in [3.8, 4) is 0 Å². The van der Waals surface area contributed by atoms with Gasteiger partial charge in [0, 0.05) is 11.8 Å². The van der Waals surface area contributed by atoms with Gasteiger partial charge in [0.1, 0.15) is 6.04 Å². The van der Waals surface area contributed by atoms with Gasteiger partial charge in [-0.3, -0.25) is 10.4 Å². The predicted molar refractivity (Wildman–Crippen MR) is 68.0 cm³/mol. The second-order valence-corrected chi connectivity index (χ2v) is 4.21. The Morgan fingerprint density at radius 2 is 2.00 bits per heavy atom. The van der Waals surface area contributed by atoms with Gasteiger partial charge in [-0.25, -0.2) is 0 Å². The Morgan fingerprint density at radius 3 is 2.82 bits per heavy atom. The lowest BCUT2D eigenvalue weighted by Crippen LogP contribution is -2.23. The van der Waals surface area contributed by atoms with Gasteiger partial charge in [-0.2, -0.15) is 5.10 Å². The van der Waals surface area contributed by atoms with E-state index in [9.17, 15) is 0 Å². The zero-order valence-electron chi connectivity index (χ0n) is 9.59. The molecular formula is C14H13N3. The first kappa shape index (κ1) is 10.0. The Morgan fingerprint density at radius 1 is 1.12 bits per heavy atom. The summed E-state index contributed by atoms with van der Waals surface area (Å²) >= 11 is 0. The van der Waals surface area contributed by atoms with Crippen LogP contribution in [0, 0.1) is 6.92 Å². The van der Waals surface area contributed by atoms with E-state index in [1.807, 2.05) is 37.5 Å². The van der Waals surface area contributed by atoms with Crippen LogP contribution in [0.2, 0.25) is 0 Å². The summed E-state index contributed by atoms with van der Waals surface area (Å²) in [7, 11) is 0. The number of hydrazone groups is 1. The van der Waals surface area contributed by atoms with Crippen LogP contribution in [0.25, 0.3) is 0 Å². The Labute approximate surface area is 100 Å². The molecule has 0 aliphatic carbocycles. The lowest BCUT2D eigenvalue weighted by Gasteiger charge is -2.22. The number of fused-ring (bicyclic) bond motifs is 1. The molecule has 1 unspecified atom stereocenters. The molecule has 3 heteroatoms. The van der Waals surface area contributed by atoms with Crippen LogP contribution < -0.4 is 5.43 Å². The molecule has 1 aromatic carbocycles. The van der Waals surface area contributed by atoms with Crippen molar-refractivity contribution in [3.05, 3.63) is 65.0 Å². The largest absolute Gasteiger partial charge is 0.296 e. The lowest BCUT2D eigenvalue weighted by atomic mass is 9.97. The Kier molecular flexibility index (Phi) is 2.37. The van der Waals surface area contributed by atoms with Crippen molar-refractivity contribution in [1.29, 1.82) is 0 Å². The molecule has 0 bridgehead atoms. The number of aryl methyl sites for hydroxylation is 1. The maximum absolute atomic E-state index is 4.46. The summed E-state index contributed by atoms with van der Waals surface area (Å²) in [6.45, 7) is 2.04. The zero-order chi connectivity index (χ0) is 11.7. The standard InChI is InChI=1S/C14H13N3/c1-10-6-7-13(15-8-10)14-12-5-3-2-4-11(12)9-16-17-14/h2-9,14,17H,1H3. The third-order valence-electron chi connectivity index (χ3n) is 2.94. The Balaban J connectivity index is 2.05. The molecular weight excluding hydrogens is 210 g/mol. The van der Waals surface area contributed by atoms with Crippen LogP contribution in [0.3, 0.4) is 0 Å². The number of rotatable bonds is 1. The highest BCUT2D eigenvalue weighted by Gasteiger charge is 2.19. The number of aromatic nitrogens is 1. The molecule has 1 atom stereocenters. The molecule has 3 nitrogen and oxygen atoms in total. The maximum atomic E-state index is 4.46. The van der Waals surface area contributed by atoms with Crippen LogP contribution in [-0.4, -0.2) is 11.2 Å². The minimum absolute atomic E-state index is 0.0526. The van der Waals surface area contributed by atoms with Crippen LogP contribution in [0.4, 0.5) is 0 Å². The number of benzene rings is 1. The number of nitrogens with one attached hydrogen (secondary N) is 1. The summed E-state index contributed by atoms with van der Waals surface area (Å²) in [5.41, 5.74) is 7.66. The van der Waals surface area contributed by atoms with E-state index in [0.29, 0.717) is 0 Å². The van der Waals surface area contributed by atoms with E-state index in [1.54, 1.807) is 0 Å². The van der Waals surface area contributed by atoms with Crippen molar-refractivity contribution in [3.63, 3.8) is 0 Å². The van der Waals surface area contributed by atoms with Crippen molar-refractivity contribution in [2.45, 2.75) is 13.0 Å². The van der Waals surface area contributed by atoms with Crippen molar-refractivity contribution in [2.24, 2.45) is 5.10 Å². The van der Waals surface area contributed by atoms with Gasteiger partial charge in [0.05, 0.1) is 11.9 Å². The van der Waals surface area contributed by atoms with Gasteiger partial charge in [0.15, 0.2) is 0 Å². The quantitative estimate of drug-likeness (QED) is 0.806. The van der Waals surface area contributed by atoms with Gasteiger partial charge < -0.3 is 0 Å². The van der Waals surface area contributed by atoms with E-state index in [-0.39, 0.29) is 6.04 Å². The van der Waals surface area contributed by atoms with E-state index >= 15 is 0 Å². The summed E-state index contributed by atoms with van der Waals surface area (Å²) in [6, 6.07) is 12.4. The average molecular weight is 223 g/mol. The topological polar surface area (TPSA) is 37.3 Å². The number of nitrogens with zero attached hydrogens (tertiary/aromatic N) is 2. The van der Waals surface area contributed by atoms with Crippen LogP contribution in [0.5, 0.6) is 0 Å². The predicted octanol–water partition coefficient (Wildman–Crippen LogP) is 2.42. The fourth-order valence-electron chi connectivity index (χ4n) is 2.02. The van der Waals surface area contributed by atoms with Crippen molar-refractivity contribution in [2.75, 3.05) is 0 Å². The van der Waals surface area contributed by atoms with Crippen molar-refractivity contribution >= 4 is 6.21 Å². The smallest absolute Gasteiger partial charge is 0.112 e. The van der Waals surface area contributed by atoms with Gasteiger partial charge >= 0.3 is 0 Å². The molecule has 2 heterocycles. The second kappa shape index (κ2) is 4.01. The number of hydrogen-bond donors (Lipinski definition) is 1. The van der Waals surface area contributed by atoms with Gasteiger partial charge in [0.25, 0.3) is 0 Å². The minimum Gasteiger partial charge on any atom is -0.296 e. The lowest BCUT2D eigenvalue weighted by molar-refractivity contribution is 0.615. The van der Waals surface area contributed by atoms with Gasteiger partial charge in [-0.15, -0.1) is 0 Å². The highest BCUT2D eigenvalue weighted by Crippen LogP contribution is 2.25. The first-order valence-corrected chi connectivity index (χ1v) is 5.65. The molecule has 0 amide bonds. The molecule has 2 aromatic rings. The molecule has 1 aliphatic heterocycles.